The summed E-state index contributed by atoms with van der Waals surface area (Å²) in [5, 5.41) is 0. The smallest absolute Gasteiger partial charge is 0.258 e. The number of fused-ring (bicyclic) bond motifs is 1. The van der Waals surface area contributed by atoms with Crippen LogP contribution >= 0.6 is 0 Å². The number of carbonyl (C=O) groups excluding carboxylic acids is 1. The molecule has 1 aliphatic heterocycles. The SMILES string of the molecule is O=C(c1cccc(Oc2ccccn2)c1)N1CCCc2ccccc21. The minimum Gasteiger partial charge on any atom is -0.439 e. The molecule has 25 heavy (non-hydrogen) atoms. The third-order valence-corrected chi connectivity index (χ3v) is 4.30. The second-order valence-corrected chi connectivity index (χ2v) is 5.99. The molecule has 0 N–H and O–H groups in total. The van der Waals surface area contributed by atoms with Crippen molar-refractivity contribution in [2.24, 2.45) is 0 Å². The van der Waals surface area contributed by atoms with Crippen LogP contribution in [0.5, 0.6) is 11.6 Å². The number of para-hydroxylation sites is 1. The summed E-state index contributed by atoms with van der Waals surface area (Å²) in [4.78, 5) is 19.0. The number of anilines is 1. The molecule has 4 rings (SSSR count). The Labute approximate surface area is 146 Å². The lowest BCUT2D eigenvalue weighted by Gasteiger charge is -2.29. The molecule has 1 aliphatic rings. The van der Waals surface area contributed by atoms with Crippen molar-refractivity contribution in [1.82, 2.24) is 4.98 Å². The molecule has 0 saturated heterocycles. The van der Waals surface area contributed by atoms with Crippen molar-refractivity contribution in [2.45, 2.75) is 12.8 Å². The first-order valence-electron chi connectivity index (χ1n) is 8.40. The van der Waals surface area contributed by atoms with Crippen molar-refractivity contribution < 1.29 is 9.53 Å². The van der Waals surface area contributed by atoms with E-state index >= 15 is 0 Å². The van der Waals surface area contributed by atoms with Crippen molar-refractivity contribution in [2.75, 3.05) is 11.4 Å². The van der Waals surface area contributed by atoms with E-state index in [-0.39, 0.29) is 5.91 Å². The highest BCUT2D eigenvalue weighted by molar-refractivity contribution is 6.07. The molecular weight excluding hydrogens is 312 g/mol. The summed E-state index contributed by atoms with van der Waals surface area (Å²) in [6.45, 7) is 0.737. The first-order chi connectivity index (χ1) is 12.3. The summed E-state index contributed by atoms with van der Waals surface area (Å²) in [6, 6.07) is 20.9. The molecule has 0 atom stereocenters. The number of benzene rings is 2. The van der Waals surface area contributed by atoms with E-state index in [2.05, 4.69) is 11.1 Å². The molecule has 2 aromatic carbocycles. The topological polar surface area (TPSA) is 42.4 Å². The van der Waals surface area contributed by atoms with Crippen molar-refractivity contribution in [3.05, 3.63) is 84.1 Å². The Kier molecular flexibility index (Phi) is 4.17. The quantitative estimate of drug-likeness (QED) is 0.712. The lowest BCUT2D eigenvalue weighted by molar-refractivity contribution is 0.0985. The Balaban J connectivity index is 1.60. The van der Waals surface area contributed by atoms with Gasteiger partial charge in [-0.1, -0.05) is 30.3 Å². The lowest BCUT2D eigenvalue weighted by atomic mass is 10.0. The number of aryl methyl sites for hydroxylation is 1. The standard InChI is InChI=1S/C21H18N2O2/c24-21(23-14-6-9-16-7-1-2-11-19(16)23)17-8-5-10-18(15-17)25-20-12-3-4-13-22-20/h1-5,7-8,10-13,15H,6,9,14H2. The van der Waals surface area contributed by atoms with E-state index in [4.69, 9.17) is 4.74 Å². The van der Waals surface area contributed by atoms with Crippen molar-refractivity contribution in [3.63, 3.8) is 0 Å². The van der Waals surface area contributed by atoms with Gasteiger partial charge < -0.3 is 9.64 Å². The molecule has 0 aliphatic carbocycles. The first kappa shape index (κ1) is 15.4. The minimum atomic E-state index is -0.00128. The molecule has 124 valence electrons. The van der Waals surface area contributed by atoms with Gasteiger partial charge in [0.2, 0.25) is 5.88 Å². The zero-order valence-corrected chi connectivity index (χ0v) is 13.8. The Morgan fingerprint density at radius 2 is 1.88 bits per heavy atom. The van der Waals surface area contributed by atoms with Crippen molar-refractivity contribution >= 4 is 11.6 Å². The molecule has 1 aromatic heterocycles. The van der Waals surface area contributed by atoms with Crippen LogP contribution in [0.1, 0.15) is 22.3 Å². The Bertz CT molecular complexity index is 893. The number of hydrogen-bond donors (Lipinski definition) is 0. The van der Waals surface area contributed by atoms with Gasteiger partial charge >= 0.3 is 0 Å². The molecule has 0 unspecified atom stereocenters. The Hall–Kier alpha value is -3.14. The van der Waals surface area contributed by atoms with Crippen LogP contribution in [0.4, 0.5) is 5.69 Å². The number of ether oxygens (including phenoxy) is 1. The van der Waals surface area contributed by atoms with Gasteiger partial charge in [0.25, 0.3) is 5.91 Å². The third kappa shape index (κ3) is 3.24. The molecule has 4 nitrogen and oxygen atoms in total. The van der Waals surface area contributed by atoms with Crippen molar-refractivity contribution in [1.29, 1.82) is 0 Å². The van der Waals surface area contributed by atoms with E-state index in [0.29, 0.717) is 17.2 Å². The van der Waals surface area contributed by atoms with E-state index in [1.165, 1.54) is 5.56 Å². The second-order valence-electron chi connectivity index (χ2n) is 5.99. The van der Waals surface area contributed by atoms with Gasteiger partial charge in [0.1, 0.15) is 5.75 Å². The van der Waals surface area contributed by atoms with E-state index in [9.17, 15) is 4.79 Å². The average molecular weight is 330 g/mol. The summed E-state index contributed by atoms with van der Waals surface area (Å²) in [5.41, 5.74) is 2.85. The molecule has 0 spiro atoms. The predicted octanol–water partition coefficient (Wildman–Crippen LogP) is 4.47. The maximum atomic E-state index is 13.0. The minimum absolute atomic E-state index is 0.00128. The van der Waals surface area contributed by atoms with E-state index < -0.39 is 0 Å². The molecule has 4 heteroatoms. The number of aromatic nitrogens is 1. The maximum absolute atomic E-state index is 13.0. The van der Waals surface area contributed by atoms with Gasteiger partial charge in [-0.3, -0.25) is 4.79 Å². The third-order valence-electron chi connectivity index (χ3n) is 4.30. The lowest BCUT2D eigenvalue weighted by Crippen LogP contribution is -2.35. The molecule has 0 bridgehead atoms. The molecular formula is C21H18N2O2. The van der Waals surface area contributed by atoms with Gasteiger partial charge in [0.05, 0.1) is 0 Å². The van der Waals surface area contributed by atoms with Gasteiger partial charge in [-0.25, -0.2) is 4.98 Å². The van der Waals surface area contributed by atoms with E-state index in [1.807, 2.05) is 53.4 Å². The predicted molar refractivity (Wildman–Crippen MR) is 97.2 cm³/mol. The fourth-order valence-corrected chi connectivity index (χ4v) is 3.12. The number of hydrogen-bond acceptors (Lipinski definition) is 3. The Morgan fingerprint density at radius 1 is 1.00 bits per heavy atom. The van der Waals surface area contributed by atoms with E-state index in [0.717, 1.165) is 25.1 Å². The highest BCUT2D eigenvalue weighted by atomic mass is 16.5. The van der Waals surface area contributed by atoms with Crippen LogP contribution in [0.15, 0.2) is 72.9 Å². The monoisotopic (exact) mass is 330 g/mol. The van der Waals surface area contributed by atoms with Crippen molar-refractivity contribution in [3.8, 4) is 11.6 Å². The van der Waals surface area contributed by atoms with Gasteiger partial charge in [0, 0.05) is 30.1 Å². The summed E-state index contributed by atoms with van der Waals surface area (Å²) < 4.78 is 5.74. The summed E-state index contributed by atoms with van der Waals surface area (Å²) >= 11 is 0. The van der Waals surface area contributed by atoms with Gasteiger partial charge in [-0.05, 0) is 48.7 Å². The zero-order chi connectivity index (χ0) is 17.1. The van der Waals surface area contributed by atoms with Gasteiger partial charge in [-0.2, -0.15) is 0 Å². The Morgan fingerprint density at radius 3 is 2.76 bits per heavy atom. The number of carbonyl (C=O) groups is 1. The van der Waals surface area contributed by atoms with Gasteiger partial charge in [0.15, 0.2) is 0 Å². The molecule has 0 fully saturated rings. The van der Waals surface area contributed by atoms with Crippen LogP contribution in [-0.2, 0) is 6.42 Å². The zero-order valence-electron chi connectivity index (χ0n) is 13.8. The highest BCUT2D eigenvalue weighted by Crippen LogP contribution is 2.29. The molecule has 0 radical (unpaired) electrons. The normalized spacial score (nSPS) is 13.2. The van der Waals surface area contributed by atoms with Crippen LogP contribution in [0, 0.1) is 0 Å². The maximum Gasteiger partial charge on any atom is 0.258 e. The highest BCUT2D eigenvalue weighted by Gasteiger charge is 2.23. The number of pyridine rings is 1. The largest absolute Gasteiger partial charge is 0.439 e. The molecule has 1 amide bonds. The fraction of sp³-hybridized carbons (Fsp3) is 0.143. The average Bonchev–Trinajstić information content (AvgIpc) is 2.68. The molecule has 2 heterocycles. The summed E-state index contributed by atoms with van der Waals surface area (Å²) in [7, 11) is 0. The van der Waals surface area contributed by atoms with E-state index in [1.54, 1.807) is 18.3 Å². The number of nitrogens with zero attached hydrogens (tertiary/aromatic N) is 2. The number of amides is 1. The van der Waals surface area contributed by atoms with Crippen LogP contribution in [-0.4, -0.2) is 17.4 Å². The first-order valence-corrected chi connectivity index (χ1v) is 8.40. The van der Waals surface area contributed by atoms with Crippen LogP contribution in [0.3, 0.4) is 0 Å². The second kappa shape index (κ2) is 6.77. The molecule has 3 aromatic rings. The van der Waals surface area contributed by atoms with Crippen LogP contribution < -0.4 is 9.64 Å². The van der Waals surface area contributed by atoms with Gasteiger partial charge in [-0.15, -0.1) is 0 Å². The number of rotatable bonds is 3. The summed E-state index contributed by atoms with van der Waals surface area (Å²) in [6.07, 6.45) is 3.67. The van der Waals surface area contributed by atoms with Crippen LogP contribution in [0.2, 0.25) is 0 Å². The van der Waals surface area contributed by atoms with Crippen LogP contribution in [0.25, 0.3) is 0 Å². The summed E-state index contributed by atoms with van der Waals surface area (Å²) in [5.74, 6) is 1.11. The fourth-order valence-electron chi connectivity index (χ4n) is 3.12. The molecule has 0 saturated carbocycles.